The Morgan fingerprint density at radius 3 is 2.95 bits per heavy atom. The molecule has 0 spiro atoms. The van der Waals surface area contributed by atoms with Gasteiger partial charge in [0.25, 0.3) is 0 Å². The molecule has 2 aliphatic heterocycles. The van der Waals surface area contributed by atoms with Crippen LogP contribution in [0.4, 0.5) is 5.69 Å². The molecule has 1 unspecified atom stereocenters. The van der Waals surface area contributed by atoms with Gasteiger partial charge in [-0.3, -0.25) is 9.69 Å². The van der Waals surface area contributed by atoms with Crippen LogP contribution >= 0.6 is 0 Å². The van der Waals surface area contributed by atoms with Crippen LogP contribution in [0.25, 0.3) is 0 Å². The molecule has 0 saturated carbocycles. The normalized spacial score (nSPS) is 23.2. The Balaban J connectivity index is 1.48. The first-order valence-corrected chi connectivity index (χ1v) is 7.67. The number of hydrogen-bond acceptors (Lipinski definition) is 4. The third kappa shape index (κ3) is 3.54. The Bertz CT molecular complexity index is 475. The highest BCUT2D eigenvalue weighted by atomic mass is 16.5. The number of amides is 1. The Hall–Kier alpha value is -1.59. The van der Waals surface area contributed by atoms with Crippen LogP contribution in [0.3, 0.4) is 0 Å². The zero-order valence-electron chi connectivity index (χ0n) is 12.5. The summed E-state index contributed by atoms with van der Waals surface area (Å²) >= 11 is 0. The summed E-state index contributed by atoms with van der Waals surface area (Å²) in [5.74, 6) is 0.0898. The molecule has 114 valence electrons. The average Bonchev–Trinajstić information content (AvgIpc) is 2.92. The number of fused-ring (bicyclic) bond motifs is 1. The molecular formula is C16H23N3O2. The van der Waals surface area contributed by atoms with Crippen molar-refractivity contribution in [2.75, 3.05) is 38.2 Å². The molecule has 1 aromatic rings. The molecule has 2 aliphatic rings. The molecule has 0 radical (unpaired) electrons. The number of rotatable bonds is 4. The minimum atomic E-state index is -0.144. The largest absolute Gasteiger partial charge is 0.379 e. The van der Waals surface area contributed by atoms with E-state index < -0.39 is 0 Å². The van der Waals surface area contributed by atoms with Crippen LogP contribution in [0.1, 0.15) is 12.5 Å². The van der Waals surface area contributed by atoms with Crippen molar-refractivity contribution in [3.05, 3.63) is 29.8 Å². The zero-order valence-corrected chi connectivity index (χ0v) is 12.5. The van der Waals surface area contributed by atoms with Crippen molar-refractivity contribution in [2.24, 2.45) is 0 Å². The highest BCUT2D eigenvalue weighted by molar-refractivity contribution is 5.87. The first kappa shape index (κ1) is 14.4. The molecule has 3 rings (SSSR count). The lowest BCUT2D eigenvalue weighted by Crippen LogP contribution is -2.49. The molecule has 1 saturated heterocycles. The van der Waals surface area contributed by atoms with Gasteiger partial charge in [-0.25, -0.2) is 0 Å². The minimum absolute atomic E-state index is 0.0898. The number of hydrogen-bond donors (Lipinski definition) is 2. The van der Waals surface area contributed by atoms with Crippen molar-refractivity contribution >= 4 is 11.6 Å². The van der Waals surface area contributed by atoms with Crippen LogP contribution in [0.15, 0.2) is 24.3 Å². The Morgan fingerprint density at radius 1 is 1.43 bits per heavy atom. The van der Waals surface area contributed by atoms with E-state index in [0.717, 1.165) is 45.0 Å². The average molecular weight is 289 g/mol. The first-order chi connectivity index (χ1) is 10.2. The fourth-order valence-corrected chi connectivity index (χ4v) is 3.02. The standard InChI is InChI=1S/C16H23N3O2/c1-12(11-19-6-8-21-9-7-19)17-16(20)15-10-13-4-2-3-5-14(13)18-15/h2-5,12,15,18H,6-11H2,1H3,(H,17,20)/t12?,15-/m0/s1. The monoisotopic (exact) mass is 289 g/mol. The van der Waals surface area contributed by atoms with Crippen LogP contribution in [-0.2, 0) is 16.0 Å². The predicted molar refractivity (Wildman–Crippen MR) is 82.4 cm³/mol. The van der Waals surface area contributed by atoms with Crippen LogP contribution in [0, 0.1) is 0 Å². The Labute approximate surface area is 125 Å². The van der Waals surface area contributed by atoms with Gasteiger partial charge in [0.05, 0.1) is 13.2 Å². The van der Waals surface area contributed by atoms with Crippen LogP contribution < -0.4 is 10.6 Å². The van der Waals surface area contributed by atoms with E-state index in [1.807, 2.05) is 18.2 Å². The van der Waals surface area contributed by atoms with Gasteiger partial charge in [-0.2, -0.15) is 0 Å². The molecule has 5 heteroatoms. The summed E-state index contributed by atoms with van der Waals surface area (Å²) in [6, 6.07) is 8.12. The molecule has 2 atom stereocenters. The minimum Gasteiger partial charge on any atom is -0.379 e. The summed E-state index contributed by atoms with van der Waals surface area (Å²) in [7, 11) is 0. The topological polar surface area (TPSA) is 53.6 Å². The number of anilines is 1. The molecular weight excluding hydrogens is 266 g/mol. The van der Waals surface area contributed by atoms with Gasteiger partial charge in [0.1, 0.15) is 6.04 Å². The van der Waals surface area contributed by atoms with Crippen molar-refractivity contribution < 1.29 is 9.53 Å². The Kier molecular flexibility index (Phi) is 4.41. The van der Waals surface area contributed by atoms with Crippen LogP contribution in [0.2, 0.25) is 0 Å². The second kappa shape index (κ2) is 6.45. The maximum atomic E-state index is 12.3. The van der Waals surface area contributed by atoms with E-state index in [9.17, 15) is 4.79 Å². The number of morpholine rings is 1. The number of carbonyl (C=O) groups excluding carboxylic acids is 1. The van der Waals surface area contributed by atoms with E-state index in [1.54, 1.807) is 0 Å². The third-order valence-electron chi connectivity index (χ3n) is 4.11. The fourth-order valence-electron chi connectivity index (χ4n) is 3.02. The van der Waals surface area contributed by atoms with Crippen molar-refractivity contribution in [1.82, 2.24) is 10.2 Å². The molecule has 0 aromatic heterocycles. The third-order valence-corrected chi connectivity index (χ3v) is 4.11. The van der Waals surface area contributed by atoms with Crippen molar-refractivity contribution in [1.29, 1.82) is 0 Å². The Morgan fingerprint density at radius 2 is 2.19 bits per heavy atom. The summed E-state index contributed by atoms with van der Waals surface area (Å²) in [5.41, 5.74) is 2.30. The maximum Gasteiger partial charge on any atom is 0.243 e. The van der Waals surface area contributed by atoms with Gasteiger partial charge in [-0.05, 0) is 18.6 Å². The SMILES string of the molecule is CC(CN1CCOCC1)NC(=O)[C@@H]1Cc2ccccc2N1. The lowest BCUT2D eigenvalue weighted by Gasteiger charge is -2.29. The lowest BCUT2D eigenvalue weighted by molar-refractivity contribution is -0.122. The van der Waals surface area contributed by atoms with Gasteiger partial charge in [0, 0.05) is 37.8 Å². The highest BCUT2D eigenvalue weighted by Gasteiger charge is 2.27. The molecule has 1 amide bonds. The fraction of sp³-hybridized carbons (Fsp3) is 0.562. The van der Waals surface area contributed by atoms with Crippen molar-refractivity contribution in [3.8, 4) is 0 Å². The van der Waals surface area contributed by atoms with E-state index in [0.29, 0.717) is 0 Å². The van der Waals surface area contributed by atoms with Gasteiger partial charge in [0.15, 0.2) is 0 Å². The van der Waals surface area contributed by atoms with E-state index in [2.05, 4.69) is 28.5 Å². The van der Waals surface area contributed by atoms with Gasteiger partial charge in [-0.15, -0.1) is 0 Å². The molecule has 2 N–H and O–H groups in total. The van der Waals surface area contributed by atoms with Crippen molar-refractivity contribution in [3.63, 3.8) is 0 Å². The summed E-state index contributed by atoms with van der Waals surface area (Å²) in [4.78, 5) is 14.7. The van der Waals surface area contributed by atoms with Crippen LogP contribution in [-0.4, -0.2) is 55.7 Å². The zero-order chi connectivity index (χ0) is 14.7. The van der Waals surface area contributed by atoms with Crippen molar-refractivity contribution in [2.45, 2.75) is 25.4 Å². The van der Waals surface area contributed by atoms with Crippen LogP contribution in [0.5, 0.6) is 0 Å². The summed E-state index contributed by atoms with van der Waals surface area (Å²) < 4.78 is 5.34. The molecule has 0 bridgehead atoms. The molecule has 1 fully saturated rings. The molecule has 21 heavy (non-hydrogen) atoms. The number of nitrogens with one attached hydrogen (secondary N) is 2. The summed E-state index contributed by atoms with van der Waals surface area (Å²) in [6.07, 6.45) is 0.770. The number of benzene rings is 1. The van der Waals surface area contributed by atoms with Gasteiger partial charge in [-0.1, -0.05) is 18.2 Å². The molecule has 0 aliphatic carbocycles. The molecule has 2 heterocycles. The van der Waals surface area contributed by atoms with Gasteiger partial charge in [0.2, 0.25) is 5.91 Å². The molecule has 5 nitrogen and oxygen atoms in total. The quantitative estimate of drug-likeness (QED) is 0.863. The summed E-state index contributed by atoms with van der Waals surface area (Å²) in [6.45, 7) is 6.44. The predicted octanol–water partition coefficient (Wildman–Crippen LogP) is 0.860. The summed E-state index contributed by atoms with van der Waals surface area (Å²) in [5, 5.41) is 6.42. The number of ether oxygens (including phenoxy) is 1. The van der Waals surface area contributed by atoms with Gasteiger partial charge < -0.3 is 15.4 Å². The van der Waals surface area contributed by atoms with E-state index >= 15 is 0 Å². The van der Waals surface area contributed by atoms with E-state index in [-0.39, 0.29) is 18.0 Å². The van der Waals surface area contributed by atoms with E-state index in [4.69, 9.17) is 4.74 Å². The molecule has 1 aromatic carbocycles. The second-order valence-corrected chi connectivity index (χ2v) is 5.88. The number of para-hydroxylation sites is 1. The second-order valence-electron chi connectivity index (χ2n) is 5.88. The maximum absolute atomic E-state index is 12.3. The lowest BCUT2D eigenvalue weighted by atomic mass is 10.1. The number of nitrogens with zero attached hydrogens (tertiary/aromatic N) is 1. The number of carbonyl (C=O) groups is 1. The van der Waals surface area contributed by atoms with E-state index in [1.165, 1.54) is 5.56 Å². The highest BCUT2D eigenvalue weighted by Crippen LogP contribution is 2.25. The first-order valence-electron chi connectivity index (χ1n) is 7.67. The van der Waals surface area contributed by atoms with Gasteiger partial charge >= 0.3 is 0 Å². The smallest absolute Gasteiger partial charge is 0.243 e.